The minimum Gasteiger partial charge on any atom is -0.389 e. The quantitative estimate of drug-likeness (QED) is 0.619. The number of fused-ring (bicyclic) bond motifs is 1. The van der Waals surface area contributed by atoms with Gasteiger partial charge in [0.2, 0.25) is 0 Å². The first-order valence-electron chi connectivity index (χ1n) is 6.70. The van der Waals surface area contributed by atoms with E-state index in [0.717, 1.165) is 12.3 Å². The van der Waals surface area contributed by atoms with Gasteiger partial charge in [0.05, 0.1) is 6.10 Å². The molecule has 3 atom stereocenters. The van der Waals surface area contributed by atoms with Crippen LogP contribution in [0.4, 0.5) is 0 Å². The smallest absolute Gasteiger partial charge is 0.0729 e. The molecule has 0 heterocycles. The summed E-state index contributed by atoms with van der Waals surface area (Å²) in [6, 6.07) is 0. The summed E-state index contributed by atoms with van der Waals surface area (Å²) >= 11 is 0. The minimum atomic E-state index is -0.214. The van der Waals surface area contributed by atoms with E-state index in [1.165, 1.54) is 19.3 Å². The van der Waals surface area contributed by atoms with Gasteiger partial charge < -0.3 is 5.11 Å². The summed E-state index contributed by atoms with van der Waals surface area (Å²) < 4.78 is 0. The molecule has 1 heteroatoms. The van der Waals surface area contributed by atoms with Crippen molar-refractivity contribution >= 4 is 0 Å². The summed E-state index contributed by atoms with van der Waals surface area (Å²) in [5.41, 5.74) is 2.61. The molecule has 3 aliphatic rings. The molecule has 0 amide bonds. The standard InChI is InChI=1S/C15H24O/c1-13(2)9-11(16)7-12-14(3,4)10-5-6-15(12,13)8-10/h7,10-11,16H,5-6,8-9H2,1-4H3. The van der Waals surface area contributed by atoms with Crippen LogP contribution in [0.2, 0.25) is 0 Å². The van der Waals surface area contributed by atoms with Crippen LogP contribution in [0, 0.1) is 22.2 Å². The van der Waals surface area contributed by atoms with E-state index in [-0.39, 0.29) is 11.5 Å². The first kappa shape index (κ1) is 10.8. The minimum absolute atomic E-state index is 0.214. The molecule has 1 spiro atoms. The number of rotatable bonds is 0. The second kappa shape index (κ2) is 2.75. The van der Waals surface area contributed by atoms with Gasteiger partial charge >= 0.3 is 0 Å². The molecular formula is C15H24O. The van der Waals surface area contributed by atoms with Gasteiger partial charge in [0.1, 0.15) is 0 Å². The van der Waals surface area contributed by atoms with Crippen molar-refractivity contribution in [1.82, 2.24) is 0 Å². The van der Waals surface area contributed by atoms with Gasteiger partial charge in [-0.3, -0.25) is 0 Å². The Hall–Kier alpha value is -0.300. The Balaban J connectivity index is 2.18. The maximum absolute atomic E-state index is 10.1. The van der Waals surface area contributed by atoms with E-state index in [4.69, 9.17) is 0 Å². The summed E-state index contributed by atoms with van der Waals surface area (Å²) in [6.07, 6.45) is 7.04. The molecule has 90 valence electrons. The highest BCUT2D eigenvalue weighted by Gasteiger charge is 2.64. The molecule has 0 saturated heterocycles. The summed E-state index contributed by atoms with van der Waals surface area (Å²) in [5, 5.41) is 10.1. The molecule has 2 bridgehead atoms. The Kier molecular flexibility index (Phi) is 1.86. The molecule has 2 saturated carbocycles. The van der Waals surface area contributed by atoms with Crippen LogP contribution in [-0.4, -0.2) is 11.2 Å². The number of hydrogen-bond acceptors (Lipinski definition) is 1. The average Bonchev–Trinajstić information content (AvgIpc) is 2.63. The second-order valence-corrected chi connectivity index (χ2v) is 7.48. The van der Waals surface area contributed by atoms with E-state index in [2.05, 4.69) is 33.8 Å². The maximum Gasteiger partial charge on any atom is 0.0729 e. The van der Waals surface area contributed by atoms with Gasteiger partial charge in [-0.25, -0.2) is 0 Å². The van der Waals surface area contributed by atoms with Crippen LogP contribution in [0.1, 0.15) is 53.4 Å². The van der Waals surface area contributed by atoms with Crippen molar-refractivity contribution in [3.8, 4) is 0 Å². The van der Waals surface area contributed by atoms with E-state index in [1.54, 1.807) is 5.57 Å². The van der Waals surface area contributed by atoms with Crippen molar-refractivity contribution in [2.75, 3.05) is 0 Å². The third kappa shape index (κ3) is 1.01. The second-order valence-electron chi connectivity index (χ2n) is 7.48. The van der Waals surface area contributed by atoms with E-state index >= 15 is 0 Å². The van der Waals surface area contributed by atoms with Crippen molar-refractivity contribution < 1.29 is 5.11 Å². The molecule has 0 aromatic heterocycles. The van der Waals surface area contributed by atoms with Gasteiger partial charge in [-0.2, -0.15) is 0 Å². The number of allylic oxidation sites excluding steroid dienone is 1. The Labute approximate surface area is 98.9 Å². The predicted molar refractivity (Wildman–Crippen MR) is 66.0 cm³/mol. The predicted octanol–water partition coefficient (Wildman–Crippen LogP) is 3.53. The van der Waals surface area contributed by atoms with Gasteiger partial charge in [0, 0.05) is 0 Å². The Morgan fingerprint density at radius 3 is 2.56 bits per heavy atom. The summed E-state index contributed by atoms with van der Waals surface area (Å²) in [6.45, 7) is 9.51. The summed E-state index contributed by atoms with van der Waals surface area (Å²) in [4.78, 5) is 0. The van der Waals surface area contributed by atoms with Crippen LogP contribution in [0.3, 0.4) is 0 Å². The average molecular weight is 220 g/mol. The van der Waals surface area contributed by atoms with E-state index in [1.807, 2.05) is 0 Å². The first-order chi connectivity index (χ1) is 7.30. The molecule has 0 aromatic carbocycles. The number of aliphatic hydroxyl groups is 1. The van der Waals surface area contributed by atoms with Crippen LogP contribution in [0.25, 0.3) is 0 Å². The Morgan fingerprint density at radius 2 is 1.88 bits per heavy atom. The van der Waals surface area contributed by atoms with Crippen molar-refractivity contribution in [2.45, 2.75) is 59.5 Å². The lowest BCUT2D eigenvalue weighted by atomic mass is 9.53. The largest absolute Gasteiger partial charge is 0.389 e. The maximum atomic E-state index is 10.1. The molecule has 16 heavy (non-hydrogen) atoms. The molecular weight excluding hydrogens is 196 g/mol. The van der Waals surface area contributed by atoms with Gasteiger partial charge in [0.25, 0.3) is 0 Å². The van der Waals surface area contributed by atoms with Gasteiger partial charge in [-0.1, -0.05) is 39.3 Å². The fourth-order valence-electron chi connectivity index (χ4n) is 5.07. The zero-order valence-corrected chi connectivity index (χ0v) is 11.0. The number of hydrogen-bond donors (Lipinski definition) is 1. The zero-order valence-electron chi connectivity index (χ0n) is 11.0. The highest BCUT2D eigenvalue weighted by molar-refractivity contribution is 5.37. The van der Waals surface area contributed by atoms with Crippen molar-refractivity contribution in [3.05, 3.63) is 11.6 Å². The normalized spacial score (nSPS) is 47.7. The molecule has 1 N–H and O–H groups in total. The fraction of sp³-hybridized carbons (Fsp3) is 0.867. The third-order valence-corrected chi connectivity index (χ3v) is 6.12. The molecule has 0 radical (unpaired) electrons. The van der Waals surface area contributed by atoms with Crippen LogP contribution in [0.15, 0.2) is 11.6 Å². The first-order valence-corrected chi connectivity index (χ1v) is 6.70. The fourth-order valence-corrected chi connectivity index (χ4v) is 5.07. The van der Waals surface area contributed by atoms with Gasteiger partial charge in [0.15, 0.2) is 0 Å². The monoisotopic (exact) mass is 220 g/mol. The van der Waals surface area contributed by atoms with E-state index < -0.39 is 0 Å². The van der Waals surface area contributed by atoms with Crippen LogP contribution in [-0.2, 0) is 0 Å². The lowest BCUT2D eigenvalue weighted by Crippen LogP contribution is -2.44. The van der Waals surface area contributed by atoms with Crippen LogP contribution in [0.5, 0.6) is 0 Å². The SMILES string of the molecule is CC1(C)C2=CC(O)CC(C)(C)C23CCC1C3. The van der Waals surface area contributed by atoms with Gasteiger partial charge in [-0.15, -0.1) is 0 Å². The third-order valence-electron chi connectivity index (χ3n) is 6.12. The summed E-state index contributed by atoms with van der Waals surface area (Å²) in [5.74, 6) is 0.850. The Bertz CT molecular complexity index is 364. The highest BCUT2D eigenvalue weighted by atomic mass is 16.3. The van der Waals surface area contributed by atoms with Crippen LogP contribution < -0.4 is 0 Å². The number of aliphatic hydroxyl groups excluding tert-OH is 1. The van der Waals surface area contributed by atoms with Gasteiger partial charge in [-0.05, 0) is 47.8 Å². The molecule has 3 rings (SSSR count). The van der Waals surface area contributed by atoms with E-state index in [9.17, 15) is 5.11 Å². The Morgan fingerprint density at radius 1 is 1.19 bits per heavy atom. The summed E-state index contributed by atoms with van der Waals surface area (Å²) in [7, 11) is 0. The van der Waals surface area contributed by atoms with Crippen LogP contribution >= 0.6 is 0 Å². The molecule has 1 nitrogen and oxygen atoms in total. The van der Waals surface area contributed by atoms with E-state index in [0.29, 0.717) is 10.8 Å². The van der Waals surface area contributed by atoms with Crippen molar-refractivity contribution in [3.63, 3.8) is 0 Å². The zero-order chi connectivity index (χ0) is 11.8. The molecule has 0 aromatic rings. The molecule has 3 unspecified atom stereocenters. The highest BCUT2D eigenvalue weighted by Crippen LogP contribution is 2.73. The lowest BCUT2D eigenvalue weighted by Gasteiger charge is -2.52. The molecule has 0 aliphatic heterocycles. The lowest BCUT2D eigenvalue weighted by molar-refractivity contribution is 0.0341. The molecule has 2 fully saturated rings. The van der Waals surface area contributed by atoms with Crippen molar-refractivity contribution in [2.24, 2.45) is 22.2 Å². The molecule has 3 aliphatic carbocycles. The van der Waals surface area contributed by atoms with Crippen molar-refractivity contribution in [1.29, 1.82) is 0 Å². The topological polar surface area (TPSA) is 20.2 Å².